The molecule has 27 heavy (non-hydrogen) atoms. The van der Waals surface area contributed by atoms with Gasteiger partial charge in [-0.05, 0) is 49.1 Å². The van der Waals surface area contributed by atoms with Crippen LogP contribution in [0.2, 0.25) is 0 Å². The molecule has 2 aromatic carbocycles. The van der Waals surface area contributed by atoms with Gasteiger partial charge in [-0.1, -0.05) is 18.2 Å². The number of aliphatic hydroxyl groups is 1. The summed E-state index contributed by atoms with van der Waals surface area (Å²) in [5.74, 6) is -0.0427. The molecule has 6 nitrogen and oxygen atoms in total. The summed E-state index contributed by atoms with van der Waals surface area (Å²) in [6.07, 6.45) is 0.348. The fraction of sp³-hybridized carbons (Fsp3) is 0.350. The van der Waals surface area contributed by atoms with Crippen LogP contribution in [0, 0.1) is 6.92 Å². The summed E-state index contributed by atoms with van der Waals surface area (Å²) in [7, 11) is -3.76. The first-order valence-electron chi connectivity index (χ1n) is 9.02. The van der Waals surface area contributed by atoms with E-state index in [1.165, 1.54) is 11.2 Å². The Bertz CT molecular complexity index is 1030. The molecule has 2 aliphatic heterocycles. The number of carbonyl (C=O) groups is 1. The molecular weight excluding hydrogens is 364 g/mol. The number of nitrogens with zero attached hydrogens (tertiary/aromatic N) is 2. The standard InChI is InChI=1S/C20H22N2O4S/c1-13-4-3-5-17-19(24)9-11-22(20(13)17)27(25,26)16-6-7-18-15(12-16)8-10-21(18)14(2)23/h3-7,12,19,24H,8-11H2,1-2H3. The molecule has 2 aromatic rings. The monoisotopic (exact) mass is 386 g/mol. The van der Waals surface area contributed by atoms with Crippen molar-refractivity contribution in [2.75, 3.05) is 22.3 Å². The minimum Gasteiger partial charge on any atom is -0.388 e. The summed E-state index contributed by atoms with van der Waals surface area (Å²) in [6, 6.07) is 10.4. The van der Waals surface area contributed by atoms with Crippen LogP contribution in [0.3, 0.4) is 0 Å². The van der Waals surface area contributed by atoms with Crippen LogP contribution < -0.4 is 9.21 Å². The van der Waals surface area contributed by atoms with Crippen LogP contribution in [0.25, 0.3) is 0 Å². The second kappa shape index (κ2) is 6.35. The van der Waals surface area contributed by atoms with E-state index in [1.54, 1.807) is 29.2 Å². The topological polar surface area (TPSA) is 77.9 Å². The molecule has 0 saturated carbocycles. The molecule has 0 spiro atoms. The number of hydrogen-bond acceptors (Lipinski definition) is 4. The Kier molecular flexibility index (Phi) is 4.24. The van der Waals surface area contributed by atoms with E-state index >= 15 is 0 Å². The van der Waals surface area contributed by atoms with Crippen molar-refractivity contribution >= 4 is 27.3 Å². The third-order valence-electron chi connectivity index (χ3n) is 5.40. The van der Waals surface area contributed by atoms with Gasteiger partial charge in [0.2, 0.25) is 5.91 Å². The Morgan fingerprint density at radius 3 is 2.70 bits per heavy atom. The summed E-state index contributed by atoms with van der Waals surface area (Å²) in [5.41, 5.74) is 3.69. The molecule has 7 heteroatoms. The number of anilines is 2. The van der Waals surface area contributed by atoms with E-state index in [-0.39, 0.29) is 17.3 Å². The minimum absolute atomic E-state index is 0.0427. The van der Waals surface area contributed by atoms with Gasteiger partial charge in [0.15, 0.2) is 0 Å². The van der Waals surface area contributed by atoms with E-state index in [1.807, 2.05) is 19.1 Å². The van der Waals surface area contributed by atoms with Gasteiger partial charge in [-0.25, -0.2) is 8.42 Å². The molecule has 1 N–H and O–H groups in total. The molecule has 1 amide bonds. The highest BCUT2D eigenvalue weighted by Crippen LogP contribution is 2.40. The Balaban J connectivity index is 1.78. The molecule has 2 heterocycles. The van der Waals surface area contributed by atoms with Crippen molar-refractivity contribution in [1.82, 2.24) is 0 Å². The highest BCUT2D eigenvalue weighted by Gasteiger charge is 2.34. The van der Waals surface area contributed by atoms with Gasteiger partial charge in [0.05, 0.1) is 16.7 Å². The van der Waals surface area contributed by atoms with Crippen LogP contribution in [-0.4, -0.2) is 32.5 Å². The first-order chi connectivity index (χ1) is 12.8. The van der Waals surface area contributed by atoms with Crippen molar-refractivity contribution in [1.29, 1.82) is 0 Å². The second-order valence-corrected chi connectivity index (χ2v) is 8.97. The third kappa shape index (κ3) is 2.82. The van der Waals surface area contributed by atoms with Crippen LogP contribution in [0.5, 0.6) is 0 Å². The van der Waals surface area contributed by atoms with Crippen molar-refractivity contribution in [3.63, 3.8) is 0 Å². The van der Waals surface area contributed by atoms with Gasteiger partial charge < -0.3 is 10.0 Å². The van der Waals surface area contributed by atoms with E-state index < -0.39 is 16.1 Å². The molecule has 4 rings (SSSR count). The highest BCUT2D eigenvalue weighted by molar-refractivity contribution is 7.92. The number of fused-ring (bicyclic) bond motifs is 2. The number of sulfonamides is 1. The number of carbonyl (C=O) groups excluding carboxylic acids is 1. The summed E-state index contributed by atoms with van der Waals surface area (Å²) in [4.78, 5) is 13.6. The molecule has 0 bridgehead atoms. The lowest BCUT2D eigenvalue weighted by molar-refractivity contribution is -0.116. The summed E-state index contributed by atoms with van der Waals surface area (Å²) in [6.45, 7) is 4.18. The Morgan fingerprint density at radius 2 is 1.96 bits per heavy atom. The molecule has 1 unspecified atom stereocenters. The van der Waals surface area contributed by atoms with E-state index in [9.17, 15) is 18.3 Å². The average Bonchev–Trinajstić information content (AvgIpc) is 3.06. The van der Waals surface area contributed by atoms with Gasteiger partial charge in [-0.2, -0.15) is 0 Å². The summed E-state index contributed by atoms with van der Waals surface area (Å²) < 4.78 is 28.2. The van der Waals surface area contributed by atoms with Crippen molar-refractivity contribution in [3.05, 3.63) is 53.1 Å². The van der Waals surface area contributed by atoms with Crippen LogP contribution in [0.1, 0.15) is 36.1 Å². The minimum atomic E-state index is -3.76. The predicted molar refractivity (Wildman–Crippen MR) is 103 cm³/mol. The van der Waals surface area contributed by atoms with Crippen molar-refractivity contribution in [3.8, 4) is 0 Å². The van der Waals surface area contributed by atoms with Gasteiger partial charge in [0.1, 0.15) is 0 Å². The molecular formula is C20H22N2O4S. The zero-order valence-corrected chi connectivity index (χ0v) is 16.2. The first-order valence-corrected chi connectivity index (χ1v) is 10.5. The van der Waals surface area contributed by atoms with Gasteiger partial charge >= 0.3 is 0 Å². The first kappa shape index (κ1) is 18.0. The molecule has 1 atom stereocenters. The van der Waals surface area contributed by atoms with Gasteiger partial charge in [0.25, 0.3) is 10.0 Å². The molecule has 0 aromatic heterocycles. The zero-order chi connectivity index (χ0) is 19.3. The molecule has 2 aliphatic rings. The SMILES string of the molecule is CC(=O)N1CCc2cc(S(=O)(=O)N3CCC(O)c4cccc(C)c43)ccc21. The van der Waals surface area contributed by atoms with E-state index in [2.05, 4.69) is 0 Å². The fourth-order valence-corrected chi connectivity index (χ4v) is 5.65. The van der Waals surface area contributed by atoms with E-state index in [4.69, 9.17) is 0 Å². The molecule has 142 valence electrons. The lowest BCUT2D eigenvalue weighted by Gasteiger charge is -2.34. The van der Waals surface area contributed by atoms with E-state index in [0.717, 1.165) is 16.8 Å². The van der Waals surface area contributed by atoms with Crippen molar-refractivity contribution in [2.24, 2.45) is 0 Å². The molecule has 0 fully saturated rings. The van der Waals surface area contributed by atoms with Gasteiger partial charge in [-0.3, -0.25) is 9.10 Å². The fourth-order valence-electron chi connectivity index (χ4n) is 4.03. The van der Waals surface area contributed by atoms with Gasteiger partial charge in [-0.15, -0.1) is 0 Å². The number of benzene rings is 2. The maximum absolute atomic E-state index is 13.4. The number of amides is 1. The third-order valence-corrected chi connectivity index (χ3v) is 7.19. The maximum atomic E-state index is 13.4. The van der Waals surface area contributed by atoms with Crippen LogP contribution in [0.15, 0.2) is 41.3 Å². The molecule has 0 saturated heterocycles. The van der Waals surface area contributed by atoms with Crippen LogP contribution in [0.4, 0.5) is 11.4 Å². The number of para-hydroxylation sites is 1. The largest absolute Gasteiger partial charge is 0.388 e. The zero-order valence-electron chi connectivity index (χ0n) is 15.3. The molecule has 0 radical (unpaired) electrons. The number of aliphatic hydroxyl groups excluding tert-OH is 1. The Hall–Kier alpha value is -2.38. The maximum Gasteiger partial charge on any atom is 0.264 e. The van der Waals surface area contributed by atoms with Crippen LogP contribution >= 0.6 is 0 Å². The van der Waals surface area contributed by atoms with E-state index in [0.29, 0.717) is 30.6 Å². The summed E-state index contributed by atoms with van der Waals surface area (Å²) in [5, 5.41) is 10.3. The number of hydrogen-bond donors (Lipinski definition) is 1. The van der Waals surface area contributed by atoms with Crippen LogP contribution in [-0.2, 0) is 21.2 Å². The van der Waals surface area contributed by atoms with Crippen molar-refractivity contribution in [2.45, 2.75) is 37.7 Å². The number of aryl methyl sites for hydroxylation is 1. The normalized spacial score (nSPS) is 19.0. The lowest BCUT2D eigenvalue weighted by atomic mass is 9.98. The van der Waals surface area contributed by atoms with Gasteiger partial charge in [0, 0.05) is 31.3 Å². The Morgan fingerprint density at radius 1 is 1.19 bits per heavy atom. The second-order valence-electron chi connectivity index (χ2n) is 7.11. The highest BCUT2D eigenvalue weighted by atomic mass is 32.2. The Labute approximate surface area is 159 Å². The smallest absolute Gasteiger partial charge is 0.264 e. The van der Waals surface area contributed by atoms with Crippen molar-refractivity contribution < 1.29 is 18.3 Å². The predicted octanol–water partition coefficient (Wildman–Crippen LogP) is 2.54. The molecule has 0 aliphatic carbocycles. The summed E-state index contributed by atoms with van der Waals surface area (Å²) >= 11 is 0. The number of rotatable bonds is 2. The average molecular weight is 386 g/mol. The lowest BCUT2D eigenvalue weighted by Crippen LogP contribution is -2.37. The quantitative estimate of drug-likeness (QED) is 0.860.